The molecule has 0 bridgehead atoms. The molecule has 0 amide bonds. The van der Waals surface area contributed by atoms with E-state index in [1.165, 1.54) is 17.2 Å². The van der Waals surface area contributed by atoms with Crippen molar-refractivity contribution in [1.82, 2.24) is 0 Å². The molecule has 0 spiro atoms. The van der Waals surface area contributed by atoms with E-state index >= 15 is 0 Å². The highest BCUT2D eigenvalue weighted by Crippen LogP contribution is 2.35. The topological polar surface area (TPSA) is 66.6 Å². The molecule has 0 atom stereocenters. The summed E-state index contributed by atoms with van der Waals surface area (Å²) in [5.41, 5.74) is 3.71. The lowest BCUT2D eigenvalue weighted by molar-refractivity contribution is -0.384. The van der Waals surface area contributed by atoms with Crippen molar-refractivity contribution in [3.05, 3.63) is 69.3 Å². The number of anilines is 1. The summed E-state index contributed by atoms with van der Waals surface area (Å²) in [7, 11) is 0. The molecule has 0 fully saturated rings. The normalized spacial score (nSPS) is 13.3. The van der Waals surface area contributed by atoms with Gasteiger partial charge in [-0.1, -0.05) is 24.3 Å². The van der Waals surface area contributed by atoms with Crippen LogP contribution in [-0.4, -0.2) is 10.0 Å². The van der Waals surface area contributed by atoms with Crippen LogP contribution in [0, 0.1) is 10.1 Å². The van der Waals surface area contributed by atoms with Crippen molar-refractivity contribution >= 4 is 11.4 Å². The largest absolute Gasteiger partial charge is 0.392 e. The van der Waals surface area contributed by atoms with Gasteiger partial charge in [-0.2, -0.15) is 0 Å². The first kappa shape index (κ1) is 12.6. The third kappa shape index (κ3) is 2.12. The van der Waals surface area contributed by atoms with Gasteiger partial charge in [-0.15, -0.1) is 0 Å². The summed E-state index contributed by atoms with van der Waals surface area (Å²) < 4.78 is 0. The van der Waals surface area contributed by atoms with Gasteiger partial charge in [0.25, 0.3) is 5.69 Å². The number of hydrogen-bond acceptors (Lipinski definition) is 4. The molecule has 0 saturated carbocycles. The lowest BCUT2D eigenvalue weighted by atomic mass is 10.1. The number of aliphatic hydroxyl groups is 1. The molecule has 1 heterocycles. The third-order valence-corrected chi connectivity index (χ3v) is 3.60. The Labute approximate surface area is 116 Å². The summed E-state index contributed by atoms with van der Waals surface area (Å²) in [5, 5.41) is 20.4. The lowest BCUT2D eigenvalue weighted by Gasteiger charge is -2.18. The number of hydrogen-bond donors (Lipinski definition) is 1. The van der Waals surface area contributed by atoms with Gasteiger partial charge in [-0.05, 0) is 28.8 Å². The van der Waals surface area contributed by atoms with Crippen LogP contribution in [0.2, 0.25) is 0 Å². The van der Waals surface area contributed by atoms with E-state index in [0.29, 0.717) is 24.3 Å². The van der Waals surface area contributed by atoms with E-state index in [2.05, 4.69) is 0 Å². The molecule has 2 aromatic rings. The average molecular weight is 270 g/mol. The lowest BCUT2D eigenvalue weighted by Crippen LogP contribution is -2.16. The summed E-state index contributed by atoms with van der Waals surface area (Å²) >= 11 is 0. The van der Waals surface area contributed by atoms with Crippen LogP contribution in [0.15, 0.2) is 42.5 Å². The Morgan fingerprint density at radius 3 is 2.35 bits per heavy atom. The molecule has 5 nitrogen and oxygen atoms in total. The van der Waals surface area contributed by atoms with Crippen molar-refractivity contribution in [1.29, 1.82) is 0 Å². The third-order valence-electron chi connectivity index (χ3n) is 3.60. The first-order valence-electron chi connectivity index (χ1n) is 6.39. The molecule has 102 valence electrons. The maximum Gasteiger partial charge on any atom is 0.292 e. The molecule has 5 heteroatoms. The van der Waals surface area contributed by atoms with Crippen molar-refractivity contribution in [3.63, 3.8) is 0 Å². The summed E-state index contributed by atoms with van der Waals surface area (Å²) in [4.78, 5) is 12.8. The Balaban J connectivity index is 2.00. The maximum absolute atomic E-state index is 11.2. The molecular formula is C15H14N2O3. The Morgan fingerprint density at radius 1 is 1.15 bits per heavy atom. The highest BCUT2D eigenvalue weighted by molar-refractivity contribution is 5.66. The molecule has 0 unspecified atom stereocenters. The molecule has 1 aliphatic rings. The molecule has 0 aliphatic carbocycles. The van der Waals surface area contributed by atoms with E-state index in [-0.39, 0.29) is 17.2 Å². The van der Waals surface area contributed by atoms with E-state index in [0.717, 1.165) is 0 Å². The molecule has 20 heavy (non-hydrogen) atoms. The molecule has 0 radical (unpaired) electrons. The molecule has 3 rings (SSSR count). The van der Waals surface area contributed by atoms with Crippen LogP contribution in [0.5, 0.6) is 0 Å². The molecule has 0 saturated heterocycles. The second-order valence-corrected chi connectivity index (χ2v) is 4.86. The zero-order chi connectivity index (χ0) is 14.1. The van der Waals surface area contributed by atoms with Crippen molar-refractivity contribution in [2.45, 2.75) is 19.7 Å². The van der Waals surface area contributed by atoms with Gasteiger partial charge in [0, 0.05) is 19.2 Å². The fourth-order valence-electron chi connectivity index (χ4n) is 2.58. The fourth-order valence-corrected chi connectivity index (χ4v) is 2.58. The van der Waals surface area contributed by atoms with Crippen molar-refractivity contribution in [2.24, 2.45) is 0 Å². The van der Waals surface area contributed by atoms with Gasteiger partial charge < -0.3 is 10.0 Å². The Hall–Kier alpha value is -2.40. The van der Waals surface area contributed by atoms with Crippen LogP contribution in [0.1, 0.15) is 16.7 Å². The Bertz CT molecular complexity index is 645. The summed E-state index contributed by atoms with van der Waals surface area (Å²) in [5.74, 6) is 0. The number of aliphatic hydroxyl groups excluding tert-OH is 1. The molecule has 0 aromatic heterocycles. The minimum Gasteiger partial charge on any atom is -0.392 e. The van der Waals surface area contributed by atoms with E-state index in [4.69, 9.17) is 0 Å². The number of benzene rings is 2. The van der Waals surface area contributed by atoms with Gasteiger partial charge in [0.2, 0.25) is 0 Å². The van der Waals surface area contributed by atoms with E-state index < -0.39 is 0 Å². The number of nitro benzene ring substituents is 1. The monoisotopic (exact) mass is 270 g/mol. The Morgan fingerprint density at radius 2 is 1.80 bits per heavy atom. The minimum absolute atomic E-state index is 0.0787. The van der Waals surface area contributed by atoms with Crippen molar-refractivity contribution in [3.8, 4) is 0 Å². The SMILES string of the molecule is O=[N+]([O-])c1ccc(CO)cc1N1Cc2ccccc2C1. The van der Waals surface area contributed by atoms with Gasteiger partial charge in [0.05, 0.1) is 11.5 Å². The van der Waals surface area contributed by atoms with Crippen molar-refractivity contribution < 1.29 is 10.0 Å². The van der Waals surface area contributed by atoms with Crippen LogP contribution in [0.4, 0.5) is 11.4 Å². The molecule has 1 N–H and O–H groups in total. The second-order valence-electron chi connectivity index (χ2n) is 4.86. The fraction of sp³-hybridized carbons (Fsp3) is 0.200. The van der Waals surface area contributed by atoms with Crippen LogP contribution >= 0.6 is 0 Å². The standard InChI is InChI=1S/C15H14N2O3/c18-10-11-5-6-14(17(19)20)15(7-11)16-8-12-3-1-2-4-13(12)9-16/h1-7,18H,8-10H2. The van der Waals surface area contributed by atoms with Crippen molar-refractivity contribution in [2.75, 3.05) is 4.90 Å². The van der Waals surface area contributed by atoms with Gasteiger partial charge in [0.15, 0.2) is 0 Å². The van der Waals surface area contributed by atoms with E-state index in [1.54, 1.807) is 12.1 Å². The second kappa shape index (κ2) is 4.94. The van der Waals surface area contributed by atoms with Gasteiger partial charge in [0.1, 0.15) is 5.69 Å². The zero-order valence-electron chi connectivity index (χ0n) is 10.8. The summed E-state index contributed by atoms with van der Waals surface area (Å²) in [6, 6.07) is 12.8. The van der Waals surface area contributed by atoms with E-state index in [1.807, 2.05) is 29.2 Å². The first-order chi connectivity index (χ1) is 9.69. The molecular weight excluding hydrogens is 256 g/mol. The van der Waals surface area contributed by atoms with Crippen LogP contribution in [0.3, 0.4) is 0 Å². The van der Waals surface area contributed by atoms with Crippen LogP contribution < -0.4 is 4.90 Å². The summed E-state index contributed by atoms with van der Waals surface area (Å²) in [6.45, 7) is 1.20. The highest BCUT2D eigenvalue weighted by atomic mass is 16.6. The smallest absolute Gasteiger partial charge is 0.292 e. The number of nitrogens with zero attached hydrogens (tertiary/aromatic N) is 2. The van der Waals surface area contributed by atoms with Gasteiger partial charge in [-0.25, -0.2) is 0 Å². The Kier molecular flexibility index (Phi) is 3.12. The van der Waals surface area contributed by atoms with Crippen LogP contribution in [-0.2, 0) is 19.7 Å². The summed E-state index contributed by atoms with van der Waals surface area (Å²) in [6.07, 6.45) is 0. The average Bonchev–Trinajstić information content (AvgIpc) is 2.90. The first-order valence-corrected chi connectivity index (χ1v) is 6.39. The number of rotatable bonds is 3. The van der Waals surface area contributed by atoms with Crippen LogP contribution in [0.25, 0.3) is 0 Å². The quantitative estimate of drug-likeness (QED) is 0.687. The van der Waals surface area contributed by atoms with Gasteiger partial charge >= 0.3 is 0 Å². The minimum atomic E-state index is -0.376. The predicted molar refractivity (Wildman–Crippen MR) is 75.3 cm³/mol. The van der Waals surface area contributed by atoms with E-state index in [9.17, 15) is 15.2 Å². The number of fused-ring (bicyclic) bond motifs is 1. The molecule has 1 aliphatic heterocycles. The maximum atomic E-state index is 11.2. The molecule has 2 aromatic carbocycles. The highest BCUT2D eigenvalue weighted by Gasteiger charge is 2.25. The number of nitro groups is 1. The predicted octanol–water partition coefficient (Wildman–Crippen LogP) is 2.61. The van der Waals surface area contributed by atoms with Gasteiger partial charge in [-0.3, -0.25) is 10.1 Å². The zero-order valence-corrected chi connectivity index (χ0v) is 10.8.